The molecule has 0 atom stereocenters. The van der Waals surface area contributed by atoms with E-state index in [4.69, 9.17) is 11.6 Å². The van der Waals surface area contributed by atoms with Crippen LogP contribution in [0.3, 0.4) is 0 Å². The Bertz CT molecular complexity index is 306. The standard InChI is InChI=1S/C10H12BrClFN/c1-14(5-4-11)7-8-2-3-9(12)6-10(8)13/h2-3,6H,4-5,7H2,1H3. The molecule has 0 saturated heterocycles. The van der Waals surface area contributed by atoms with Crippen molar-refractivity contribution in [2.24, 2.45) is 0 Å². The SMILES string of the molecule is CN(CCBr)Cc1ccc(Cl)cc1F. The van der Waals surface area contributed by atoms with Crippen LogP contribution in [0.4, 0.5) is 4.39 Å². The molecule has 14 heavy (non-hydrogen) atoms. The summed E-state index contributed by atoms with van der Waals surface area (Å²) in [5.41, 5.74) is 0.679. The van der Waals surface area contributed by atoms with E-state index in [2.05, 4.69) is 15.9 Å². The molecule has 1 nitrogen and oxygen atoms in total. The Morgan fingerprint density at radius 3 is 2.79 bits per heavy atom. The van der Waals surface area contributed by atoms with Crippen molar-refractivity contribution in [2.75, 3.05) is 18.9 Å². The lowest BCUT2D eigenvalue weighted by Crippen LogP contribution is -2.20. The second-order valence-electron chi connectivity index (χ2n) is 3.16. The highest BCUT2D eigenvalue weighted by Crippen LogP contribution is 2.15. The average molecular weight is 281 g/mol. The molecule has 0 N–H and O–H groups in total. The van der Waals surface area contributed by atoms with Gasteiger partial charge in [-0.25, -0.2) is 4.39 Å². The first-order valence-corrected chi connectivity index (χ1v) is 5.82. The molecular formula is C10H12BrClFN. The summed E-state index contributed by atoms with van der Waals surface area (Å²) in [6.45, 7) is 1.50. The summed E-state index contributed by atoms with van der Waals surface area (Å²) >= 11 is 8.99. The van der Waals surface area contributed by atoms with E-state index in [-0.39, 0.29) is 5.82 Å². The van der Waals surface area contributed by atoms with Crippen molar-refractivity contribution in [3.8, 4) is 0 Å². The quantitative estimate of drug-likeness (QED) is 0.765. The van der Waals surface area contributed by atoms with Gasteiger partial charge in [0.1, 0.15) is 5.82 Å². The van der Waals surface area contributed by atoms with Crippen molar-refractivity contribution < 1.29 is 4.39 Å². The van der Waals surface area contributed by atoms with Gasteiger partial charge in [-0.15, -0.1) is 0 Å². The van der Waals surface area contributed by atoms with Gasteiger partial charge in [-0.3, -0.25) is 0 Å². The molecule has 0 unspecified atom stereocenters. The third kappa shape index (κ3) is 3.56. The van der Waals surface area contributed by atoms with E-state index < -0.39 is 0 Å². The zero-order chi connectivity index (χ0) is 10.6. The third-order valence-electron chi connectivity index (χ3n) is 1.92. The summed E-state index contributed by atoms with van der Waals surface area (Å²) in [6, 6.07) is 4.78. The molecule has 0 bridgehead atoms. The fourth-order valence-electron chi connectivity index (χ4n) is 1.16. The van der Waals surface area contributed by atoms with Crippen LogP contribution < -0.4 is 0 Å². The summed E-state index contributed by atoms with van der Waals surface area (Å²) in [7, 11) is 1.95. The van der Waals surface area contributed by atoms with Crippen molar-refractivity contribution in [1.29, 1.82) is 0 Å². The Kier molecular flexibility index (Phi) is 4.85. The molecule has 0 radical (unpaired) electrons. The second kappa shape index (κ2) is 5.69. The minimum absolute atomic E-state index is 0.237. The molecule has 0 saturated carbocycles. The van der Waals surface area contributed by atoms with Crippen molar-refractivity contribution in [1.82, 2.24) is 4.90 Å². The highest BCUT2D eigenvalue weighted by Gasteiger charge is 2.05. The lowest BCUT2D eigenvalue weighted by molar-refractivity contribution is 0.343. The topological polar surface area (TPSA) is 3.24 Å². The number of nitrogens with zero attached hydrogens (tertiary/aromatic N) is 1. The number of hydrogen-bond donors (Lipinski definition) is 0. The molecule has 78 valence electrons. The number of rotatable bonds is 4. The summed E-state index contributed by atoms with van der Waals surface area (Å²) in [6.07, 6.45) is 0. The Hall–Kier alpha value is -0.120. The van der Waals surface area contributed by atoms with Crippen LogP contribution >= 0.6 is 27.5 Å². The van der Waals surface area contributed by atoms with E-state index in [0.29, 0.717) is 17.1 Å². The summed E-state index contributed by atoms with van der Waals surface area (Å²) in [5.74, 6) is -0.237. The van der Waals surface area contributed by atoms with E-state index in [1.54, 1.807) is 12.1 Å². The highest BCUT2D eigenvalue weighted by atomic mass is 79.9. The van der Waals surface area contributed by atoms with Crippen LogP contribution in [-0.2, 0) is 6.54 Å². The predicted molar refractivity (Wildman–Crippen MR) is 61.5 cm³/mol. The van der Waals surface area contributed by atoms with Crippen LogP contribution in [-0.4, -0.2) is 23.8 Å². The van der Waals surface area contributed by atoms with Gasteiger partial charge in [-0.05, 0) is 19.2 Å². The maximum atomic E-state index is 13.3. The predicted octanol–water partition coefficient (Wildman–Crippen LogP) is 3.31. The van der Waals surface area contributed by atoms with Gasteiger partial charge in [0.25, 0.3) is 0 Å². The zero-order valence-corrected chi connectivity index (χ0v) is 10.3. The molecule has 4 heteroatoms. The van der Waals surface area contributed by atoms with Gasteiger partial charge < -0.3 is 4.90 Å². The van der Waals surface area contributed by atoms with Crippen LogP contribution in [0.1, 0.15) is 5.56 Å². The van der Waals surface area contributed by atoms with E-state index in [1.807, 2.05) is 11.9 Å². The smallest absolute Gasteiger partial charge is 0.129 e. The first-order chi connectivity index (χ1) is 6.63. The lowest BCUT2D eigenvalue weighted by atomic mass is 10.2. The highest BCUT2D eigenvalue weighted by molar-refractivity contribution is 9.09. The average Bonchev–Trinajstić information content (AvgIpc) is 2.10. The number of halogens is 3. The van der Waals surface area contributed by atoms with Crippen LogP contribution in [0.15, 0.2) is 18.2 Å². The normalized spacial score (nSPS) is 10.9. The summed E-state index contributed by atoms with van der Waals surface area (Å²) < 4.78 is 13.3. The molecule has 0 aliphatic rings. The molecule has 0 aliphatic heterocycles. The van der Waals surface area contributed by atoms with E-state index in [1.165, 1.54) is 6.07 Å². The van der Waals surface area contributed by atoms with Gasteiger partial charge in [0, 0.05) is 29.0 Å². The van der Waals surface area contributed by atoms with Crippen LogP contribution in [0, 0.1) is 5.82 Å². The maximum Gasteiger partial charge on any atom is 0.129 e. The van der Waals surface area contributed by atoms with Gasteiger partial charge in [-0.1, -0.05) is 33.6 Å². The van der Waals surface area contributed by atoms with Gasteiger partial charge in [-0.2, -0.15) is 0 Å². The molecule has 1 rings (SSSR count). The Balaban J connectivity index is 2.67. The van der Waals surface area contributed by atoms with Crippen molar-refractivity contribution in [2.45, 2.75) is 6.54 Å². The minimum Gasteiger partial charge on any atom is -0.301 e. The molecule has 0 fully saturated rings. The van der Waals surface area contributed by atoms with Gasteiger partial charge in [0.15, 0.2) is 0 Å². The summed E-state index contributed by atoms with van der Waals surface area (Å²) in [4.78, 5) is 2.04. The Morgan fingerprint density at radius 2 is 2.21 bits per heavy atom. The monoisotopic (exact) mass is 279 g/mol. The lowest BCUT2D eigenvalue weighted by Gasteiger charge is -2.15. The third-order valence-corrected chi connectivity index (χ3v) is 2.51. The van der Waals surface area contributed by atoms with Crippen molar-refractivity contribution in [3.63, 3.8) is 0 Å². The molecule has 1 aromatic carbocycles. The first-order valence-electron chi connectivity index (χ1n) is 4.32. The van der Waals surface area contributed by atoms with Crippen molar-refractivity contribution in [3.05, 3.63) is 34.6 Å². The molecule has 0 aromatic heterocycles. The van der Waals surface area contributed by atoms with E-state index in [0.717, 1.165) is 11.9 Å². The molecular weight excluding hydrogens is 268 g/mol. The van der Waals surface area contributed by atoms with Gasteiger partial charge in [0.2, 0.25) is 0 Å². The van der Waals surface area contributed by atoms with E-state index >= 15 is 0 Å². The van der Waals surface area contributed by atoms with E-state index in [9.17, 15) is 4.39 Å². The maximum absolute atomic E-state index is 13.3. The zero-order valence-electron chi connectivity index (χ0n) is 7.93. The number of alkyl halides is 1. The largest absolute Gasteiger partial charge is 0.301 e. The van der Waals surface area contributed by atoms with Crippen LogP contribution in [0.2, 0.25) is 5.02 Å². The molecule has 1 aromatic rings. The Labute approximate surface area is 97.0 Å². The molecule has 0 amide bonds. The molecule has 0 heterocycles. The molecule has 0 aliphatic carbocycles. The summed E-state index contributed by atoms with van der Waals surface area (Å²) in [5, 5.41) is 1.33. The second-order valence-corrected chi connectivity index (χ2v) is 4.39. The fourth-order valence-corrected chi connectivity index (χ4v) is 1.93. The fraction of sp³-hybridized carbons (Fsp3) is 0.400. The minimum atomic E-state index is -0.237. The number of benzene rings is 1. The number of hydrogen-bond acceptors (Lipinski definition) is 1. The van der Waals surface area contributed by atoms with Crippen LogP contribution in [0.5, 0.6) is 0 Å². The van der Waals surface area contributed by atoms with Gasteiger partial charge >= 0.3 is 0 Å². The Morgan fingerprint density at radius 1 is 1.50 bits per heavy atom. The van der Waals surface area contributed by atoms with Crippen LogP contribution in [0.25, 0.3) is 0 Å². The molecule has 0 spiro atoms. The van der Waals surface area contributed by atoms with Crippen molar-refractivity contribution >= 4 is 27.5 Å². The van der Waals surface area contributed by atoms with Gasteiger partial charge in [0.05, 0.1) is 0 Å². The first kappa shape index (κ1) is 12.0.